The van der Waals surface area contributed by atoms with Crippen molar-refractivity contribution in [3.05, 3.63) is 96.1 Å². The van der Waals surface area contributed by atoms with E-state index in [4.69, 9.17) is 19.2 Å². The molecule has 2 amide bonds. The molecule has 1 aromatic heterocycles. The van der Waals surface area contributed by atoms with Crippen LogP contribution in [0.15, 0.2) is 84.9 Å². The van der Waals surface area contributed by atoms with Gasteiger partial charge in [-0.05, 0) is 31.0 Å². The van der Waals surface area contributed by atoms with Crippen LogP contribution in [0, 0.1) is 0 Å². The van der Waals surface area contributed by atoms with Gasteiger partial charge in [0.15, 0.2) is 5.79 Å². The summed E-state index contributed by atoms with van der Waals surface area (Å²) in [7, 11) is 1.30. The van der Waals surface area contributed by atoms with E-state index in [-0.39, 0.29) is 5.79 Å². The van der Waals surface area contributed by atoms with Crippen molar-refractivity contribution in [2.75, 3.05) is 51.5 Å². The molecule has 3 fully saturated rings. The Morgan fingerprint density at radius 3 is 2.21 bits per heavy atom. The fraction of sp³-hybridized carbons (Fsp3) is 0.378. The molecule has 7 rings (SSSR count). The van der Waals surface area contributed by atoms with E-state index in [1.54, 1.807) is 24.3 Å². The zero-order valence-electron chi connectivity index (χ0n) is 26.8. The summed E-state index contributed by atoms with van der Waals surface area (Å²) in [5.74, 6) is -0.757. The third-order valence-corrected chi connectivity index (χ3v) is 9.69. The third kappa shape index (κ3) is 6.59. The average Bonchev–Trinajstić information content (AvgIpc) is 3.58. The van der Waals surface area contributed by atoms with Crippen LogP contribution in [0.5, 0.6) is 0 Å². The van der Waals surface area contributed by atoms with Crippen LogP contribution in [0.25, 0.3) is 22.2 Å². The molecular formula is C37H41N5O5. The Balaban J connectivity index is 1.19. The predicted octanol–water partition coefficient (Wildman–Crippen LogP) is 5.62. The Morgan fingerprint density at radius 1 is 0.894 bits per heavy atom. The highest BCUT2D eigenvalue weighted by atomic mass is 16.7. The second-order valence-corrected chi connectivity index (χ2v) is 12.4. The number of hydrogen-bond donors (Lipinski definition) is 1. The number of ether oxygens (including phenoxy) is 3. The number of hydrazine groups is 1. The molecule has 10 nitrogen and oxygen atoms in total. The molecule has 0 bridgehead atoms. The lowest BCUT2D eigenvalue weighted by Crippen LogP contribution is -2.52. The summed E-state index contributed by atoms with van der Waals surface area (Å²) < 4.78 is 17.0. The van der Waals surface area contributed by atoms with Gasteiger partial charge in [-0.1, -0.05) is 66.7 Å². The van der Waals surface area contributed by atoms with Gasteiger partial charge >= 0.3 is 6.09 Å². The quantitative estimate of drug-likeness (QED) is 0.273. The zero-order valence-corrected chi connectivity index (χ0v) is 26.8. The number of pyridine rings is 1. The highest BCUT2D eigenvalue weighted by Crippen LogP contribution is 2.38. The van der Waals surface area contributed by atoms with Gasteiger partial charge in [-0.15, -0.1) is 0 Å². The van der Waals surface area contributed by atoms with Crippen molar-refractivity contribution in [3.8, 4) is 11.3 Å². The van der Waals surface area contributed by atoms with E-state index in [9.17, 15) is 9.59 Å². The summed E-state index contributed by atoms with van der Waals surface area (Å²) in [6, 6.07) is 27.2. The summed E-state index contributed by atoms with van der Waals surface area (Å²) in [4.78, 5) is 37.5. The molecule has 3 heterocycles. The molecule has 2 aliphatic heterocycles. The highest BCUT2D eigenvalue weighted by molar-refractivity contribution is 6.10. The predicted molar refractivity (Wildman–Crippen MR) is 180 cm³/mol. The third-order valence-electron chi connectivity index (χ3n) is 9.69. The second kappa shape index (κ2) is 13.8. The Kier molecular flexibility index (Phi) is 9.17. The number of para-hydroxylation sites is 2. The van der Waals surface area contributed by atoms with Crippen LogP contribution in [-0.4, -0.2) is 85.1 Å². The van der Waals surface area contributed by atoms with Crippen LogP contribution in [0.2, 0.25) is 0 Å². The van der Waals surface area contributed by atoms with Gasteiger partial charge < -0.3 is 14.2 Å². The van der Waals surface area contributed by atoms with Gasteiger partial charge in [0.2, 0.25) is 0 Å². The summed E-state index contributed by atoms with van der Waals surface area (Å²) in [5, 5.41) is 1.88. The molecule has 0 radical (unpaired) electrons. The minimum atomic E-state index is -0.691. The van der Waals surface area contributed by atoms with Crippen molar-refractivity contribution < 1.29 is 23.8 Å². The lowest BCUT2D eigenvalue weighted by Gasteiger charge is -2.44. The monoisotopic (exact) mass is 635 g/mol. The Bertz CT molecular complexity index is 1690. The molecule has 1 N–H and O–H groups in total. The first-order chi connectivity index (χ1) is 23.0. The van der Waals surface area contributed by atoms with Gasteiger partial charge in [0.25, 0.3) is 5.91 Å². The molecule has 10 heteroatoms. The summed E-state index contributed by atoms with van der Waals surface area (Å²) >= 11 is 0. The number of nitrogens with one attached hydrogen (secondary N) is 1. The molecule has 47 heavy (non-hydrogen) atoms. The fourth-order valence-electron chi connectivity index (χ4n) is 7.24. The number of nitrogens with zero attached hydrogens (tertiary/aromatic N) is 4. The number of aromatic nitrogens is 1. The molecule has 3 aliphatic rings. The topological polar surface area (TPSA) is 96.5 Å². The van der Waals surface area contributed by atoms with Crippen LogP contribution >= 0.6 is 0 Å². The van der Waals surface area contributed by atoms with Gasteiger partial charge in [-0.25, -0.2) is 9.78 Å². The van der Waals surface area contributed by atoms with Crippen molar-refractivity contribution in [1.82, 2.24) is 20.2 Å². The highest BCUT2D eigenvalue weighted by Gasteiger charge is 2.42. The van der Waals surface area contributed by atoms with E-state index >= 15 is 0 Å². The Hall–Kier alpha value is -4.35. The normalized spacial score (nSPS) is 18.7. The maximum Gasteiger partial charge on any atom is 0.433 e. The number of anilines is 1. The zero-order chi connectivity index (χ0) is 32.2. The van der Waals surface area contributed by atoms with Crippen molar-refractivity contribution in [2.24, 2.45) is 0 Å². The Labute approximate surface area is 275 Å². The SMILES string of the molecule is COC(=O)N(NC(=O)c1c(CN2CCN(C3CCC4(CC3)OCCO4)CC2)c(-c2ccccc2)nc2ccccc12)c1ccccc1. The molecule has 0 atom stereocenters. The van der Waals surface area contributed by atoms with Gasteiger partial charge in [0, 0.05) is 68.1 Å². The van der Waals surface area contributed by atoms with E-state index in [2.05, 4.69) is 15.2 Å². The molecule has 1 aliphatic carbocycles. The van der Waals surface area contributed by atoms with Crippen LogP contribution < -0.4 is 10.4 Å². The second-order valence-electron chi connectivity index (χ2n) is 12.4. The standard InChI is InChI=1S/C37H41N5O5/c1-45-36(44)42(29-12-6-3-7-13-29)39-35(43)33-30-14-8-9-15-32(30)38-34(27-10-4-2-5-11-27)31(33)26-40-20-22-41(23-21-40)28-16-18-37(19-17-28)46-24-25-47-37/h2-15,28H,16-26H2,1H3,(H,39,43). The fourth-order valence-corrected chi connectivity index (χ4v) is 7.24. The van der Waals surface area contributed by atoms with E-state index < -0.39 is 12.0 Å². The van der Waals surface area contributed by atoms with E-state index in [0.717, 1.165) is 79.1 Å². The number of carbonyl (C=O) groups excluding carboxylic acids is 2. The van der Waals surface area contributed by atoms with E-state index in [1.807, 2.05) is 60.7 Å². The van der Waals surface area contributed by atoms with Crippen molar-refractivity contribution in [1.29, 1.82) is 0 Å². The maximum absolute atomic E-state index is 14.4. The molecule has 244 valence electrons. The van der Waals surface area contributed by atoms with Gasteiger partial charge in [0.1, 0.15) is 0 Å². The number of piperazine rings is 1. The number of methoxy groups -OCH3 is 1. The number of rotatable bonds is 6. The lowest BCUT2D eigenvalue weighted by molar-refractivity contribution is -0.184. The molecule has 4 aromatic rings. The van der Waals surface area contributed by atoms with Crippen molar-refractivity contribution in [2.45, 2.75) is 44.1 Å². The first-order valence-electron chi connectivity index (χ1n) is 16.5. The van der Waals surface area contributed by atoms with Crippen molar-refractivity contribution in [3.63, 3.8) is 0 Å². The first-order valence-corrected chi connectivity index (χ1v) is 16.5. The van der Waals surface area contributed by atoms with Gasteiger partial charge in [-0.3, -0.25) is 20.0 Å². The van der Waals surface area contributed by atoms with E-state index in [0.29, 0.717) is 42.6 Å². The van der Waals surface area contributed by atoms with Crippen LogP contribution in [0.1, 0.15) is 41.6 Å². The minimum absolute atomic E-state index is 0.351. The number of fused-ring (bicyclic) bond motifs is 1. The molecular weight excluding hydrogens is 594 g/mol. The molecule has 1 saturated carbocycles. The molecule has 1 spiro atoms. The molecule has 3 aromatic carbocycles. The number of carbonyl (C=O) groups is 2. The summed E-state index contributed by atoms with van der Waals surface area (Å²) in [6.07, 6.45) is 3.36. The maximum atomic E-state index is 14.4. The smallest absolute Gasteiger partial charge is 0.433 e. The van der Waals surface area contributed by atoms with Crippen molar-refractivity contribution >= 4 is 28.6 Å². The lowest BCUT2D eigenvalue weighted by atomic mass is 9.88. The first kappa shape index (κ1) is 31.3. The van der Waals surface area contributed by atoms with Crippen LogP contribution in [0.4, 0.5) is 10.5 Å². The van der Waals surface area contributed by atoms with Gasteiger partial charge in [0.05, 0.1) is 42.8 Å². The minimum Gasteiger partial charge on any atom is -0.451 e. The largest absolute Gasteiger partial charge is 0.451 e. The summed E-state index contributed by atoms with van der Waals surface area (Å²) in [5.41, 5.74) is 7.08. The van der Waals surface area contributed by atoms with Gasteiger partial charge in [-0.2, -0.15) is 5.01 Å². The van der Waals surface area contributed by atoms with Crippen LogP contribution in [0.3, 0.4) is 0 Å². The summed E-state index contributed by atoms with van der Waals surface area (Å²) in [6.45, 7) is 5.58. The van der Waals surface area contributed by atoms with E-state index in [1.165, 1.54) is 7.11 Å². The Morgan fingerprint density at radius 2 is 1.53 bits per heavy atom. The molecule has 0 unspecified atom stereocenters. The number of benzene rings is 3. The van der Waals surface area contributed by atoms with Crippen LogP contribution in [-0.2, 0) is 20.8 Å². The molecule has 2 saturated heterocycles. The average molecular weight is 636 g/mol. The number of amides is 2. The number of hydrogen-bond acceptors (Lipinski definition) is 8.